The van der Waals surface area contributed by atoms with Gasteiger partial charge in [-0.1, -0.05) is 11.6 Å². The topological polar surface area (TPSA) is 17.8 Å². The number of halogens is 3. The first-order valence-electron chi connectivity index (χ1n) is 4.27. The molecule has 15 heavy (non-hydrogen) atoms. The van der Waals surface area contributed by atoms with E-state index in [1.165, 1.54) is 12.1 Å². The Hall–Kier alpha value is -0.870. The molecular weight excluding hydrogens is 282 g/mol. The Morgan fingerprint density at radius 3 is 2.93 bits per heavy atom. The van der Waals surface area contributed by atoms with Crippen LogP contribution in [0.25, 0.3) is 0 Å². The van der Waals surface area contributed by atoms with E-state index in [1.54, 1.807) is 23.1 Å². The third kappa shape index (κ3) is 2.58. The van der Waals surface area contributed by atoms with Gasteiger partial charge in [0.05, 0.1) is 17.2 Å². The molecule has 1 heterocycles. The molecule has 5 heteroatoms. The highest BCUT2D eigenvalue weighted by Gasteiger charge is 2.04. The summed E-state index contributed by atoms with van der Waals surface area (Å²) in [6.45, 7) is 0.373. The van der Waals surface area contributed by atoms with Gasteiger partial charge in [0.1, 0.15) is 5.82 Å². The molecule has 0 spiro atoms. The third-order valence-corrected chi connectivity index (χ3v) is 2.59. The van der Waals surface area contributed by atoms with Crippen molar-refractivity contribution in [2.45, 2.75) is 6.54 Å². The van der Waals surface area contributed by atoms with Crippen molar-refractivity contribution in [3.8, 4) is 0 Å². The molecular formula is C10H7BrClFN2. The Balaban J connectivity index is 2.27. The summed E-state index contributed by atoms with van der Waals surface area (Å²) in [5, 5.41) is 4.57. The van der Waals surface area contributed by atoms with Crippen LogP contribution in [0.2, 0.25) is 5.02 Å². The molecule has 0 aliphatic rings. The normalized spacial score (nSPS) is 10.6. The zero-order valence-electron chi connectivity index (χ0n) is 7.62. The number of benzene rings is 1. The molecule has 0 radical (unpaired) electrons. The maximum Gasteiger partial charge on any atom is 0.128 e. The van der Waals surface area contributed by atoms with E-state index < -0.39 is 0 Å². The van der Waals surface area contributed by atoms with E-state index in [2.05, 4.69) is 21.0 Å². The molecule has 0 amide bonds. The predicted molar refractivity (Wildman–Crippen MR) is 60.4 cm³/mol. The van der Waals surface area contributed by atoms with Gasteiger partial charge in [-0.25, -0.2) is 4.39 Å². The second kappa shape index (κ2) is 4.33. The summed E-state index contributed by atoms with van der Waals surface area (Å²) in [6.07, 6.45) is 3.43. The highest BCUT2D eigenvalue weighted by Crippen LogP contribution is 2.16. The molecule has 0 bridgehead atoms. The third-order valence-electron chi connectivity index (χ3n) is 1.94. The van der Waals surface area contributed by atoms with Crippen LogP contribution in [-0.2, 0) is 6.54 Å². The van der Waals surface area contributed by atoms with Crippen molar-refractivity contribution >= 4 is 27.5 Å². The number of rotatable bonds is 2. The van der Waals surface area contributed by atoms with Crippen LogP contribution in [0.15, 0.2) is 35.1 Å². The van der Waals surface area contributed by atoms with Gasteiger partial charge in [0, 0.05) is 16.8 Å². The van der Waals surface area contributed by atoms with Crippen molar-refractivity contribution in [3.63, 3.8) is 0 Å². The fourth-order valence-electron chi connectivity index (χ4n) is 1.26. The number of hydrogen-bond donors (Lipinski definition) is 0. The van der Waals surface area contributed by atoms with Crippen LogP contribution in [0.4, 0.5) is 4.39 Å². The predicted octanol–water partition coefficient (Wildman–Crippen LogP) is 3.49. The lowest BCUT2D eigenvalue weighted by Crippen LogP contribution is -2.02. The monoisotopic (exact) mass is 288 g/mol. The van der Waals surface area contributed by atoms with Crippen molar-refractivity contribution in [1.82, 2.24) is 9.78 Å². The molecule has 1 aromatic heterocycles. The Morgan fingerprint density at radius 1 is 1.47 bits per heavy atom. The van der Waals surface area contributed by atoms with E-state index in [9.17, 15) is 4.39 Å². The molecule has 0 fully saturated rings. The second-order valence-electron chi connectivity index (χ2n) is 3.09. The molecule has 1 aromatic carbocycles. The molecule has 2 rings (SSSR count). The van der Waals surface area contributed by atoms with Crippen LogP contribution in [-0.4, -0.2) is 9.78 Å². The molecule has 0 unspecified atom stereocenters. The van der Waals surface area contributed by atoms with E-state index >= 15 is 0 Å². The molecule has 0 aliphatic carbocycles. The first-order chi connectivity index (χ1) is 7.15. The molecule has 0 saturated heterocycles. The number of hydrogen-bond acceptors (Lipinski definition) is 1. The van der Waals surface area contributed by atoms with Gasteiger partial charge in [-0.2, -0.15) is 5.10 Å². The van der Waals surface area contributed by atoms with Crippen LogP contribution in [0, 0.1) is 5.82 Å². The van der Waals surface area contributed by atoms with E-state index in [4.69, 9.17) is 11.6 Å². The summed E-state index contributed by atoms with van der Waals surface area (Å²) in [7, 11) is 0. The molecule has 0 N–H and O–H groups in total. The molecule has 0 aliphatic heterocycles. The quantitative estimate of drug-likeness (QED) is 0.827. The maximum atomic E-state index is 13.4. The molecule has 0 atom stereocenters. The summed E-state index contributed by atoms with van der Waals surface area (Å²) in [5.74, 6) is -0.272. The molecule has 2 nitrogen and oxygen atoms in total. The summed E-state index contributed by atoms with van der Waals surface area (Å²) in [6, 6.07) is 4.49. The second-order valence-corrected chi connectivity index (χ2v) is 4.44. The highest BCUT2D eigenvalue weighted by atomic mass is 79.9. The van der Waals surface area contributed by atoms with Crippen molar-refractivity contribution in [2.24, 2.45) is 0 Å². The summed E-state index contributed by atoms with van der Waals surface area (Å²) < 4.78 is 15.9. The average Bonchev–Trinajstić information content (AvgIpc) is 2.58. The van der Waals surface area contributed by atoms with Crippen LogP contribution in [0.5, 0.6) is 0 Å². The van der Waals surface area contributed by atoms with Gasteiger partial charge in [-0.3, -0.25) is 4.68 Å². The van der Waals surface area contributed by atoms with Gasteiger partial charge in [-0.15, -0.1) is 0 Å². The lowest BCUT2D eigenvalue weighted by Gasteiger charge is -2.03. The number of nitrogens with zero attached hydrogens (tertiary/aromatic N) is 2. The molecule has 2 aromatic rings. The summed E-state index contributed by atoms with van der Waals surface area (Å²) >= 11 is 9.06. The van der Waals surface area contributed by atoms with Gasteiger partial charge in [-0.05, 0) is 34.1 Å². The van der Waals surface area contributed by atoms with E-state index in [0.717, 1.165) is 4.47 Å². The summed E-state index contributed by atoms with van der Waals surface area (Å²) in [4.78, 5) is 0. The van der Waals surface area contributed by atoms with Crippen LogP contribution in [0.1, 0.15) is 5.56 Å². The minimum absolute atomic E-state index is 0.272. The lowest BCUT2D eigenvalue weighted by molar-refractivity contribution is 0.585. The van der Waals surface area contributed by atoms with Gasteiger partial charge >= 0.3 is 0 Å². The average molecular weight is 290 g/mol. The number of aromatic nitrogens is 2. The Kier molecular flexibility index (Phi) is 3.07. The van der Waals surface area contributed by atoms with Gasteiger partial charge < -0.3 is 0 Å². The SMILES string of the molecule is Fc1ccc(Cl)cc1Cn1cc(Br)cn1. The minimum atomic E-state index is -0.272. The summed E-state index contributed by atoms with van der Waals surface area (Å²) in [5.41, 5.74) is 0.526. The van der Waals surface area contributed by atoms with Crippen molar-refractivity contribution in [1.29, 1.82) is 0 Å². The smallest absolute Gasteiger partial charge is 0.128 e. The fourth-order valence-corrected chi connectivity index (χ4v) is 1.79. The van der Waals surface area contributed by atoms with E-state index in [1.807, 2.05) is 0 Å². The van der Waals surface area contributed by atoms with Gasteiger partial charge in [0.2, 0.25) is 0 Å². The Labute approximate surface area is 99.8 Å². The fraction of sp³-hybridized carbons (Fsp3) is 0.100. The zero-order valence-corrected chi connectivity index (χ0v) is 9.96. The zero-order chi connectivity index (χ0) is 10.8. The first kappa shape index (κ1) is 10.6. The largest absolute Gasteiger partial charge is 0.267 e. The highest BCUT2D eigenvalue weighted by molar-refractivity contribution is 9.10. The lowest BCUT2D eigenvalue weighted by atomic mass is 10.2. The van der Waals surface area contributed by atoms with Crippen molar-refractivity contribution in [3.05, 3.63) is 51.5 Å². The standard InChI is InChI=1S/C10H7BrClFN2/c11-8-4-14-15(6-8)5-7-3-9(12)1-2-10(7)13/h1-4,6H,5H2. The van der Waals surface area contributed by atoms with Gasteiger partial charge in [0.15, 0.2) is 0 Å². The molecule has 78 valence electrons. The minimum Gasteiger partial charge on any atom is -0.267 e. The Bertz CT molecular complexity index is 484. The van der Waals surface area contributed by atoms with E-state index in [-0.39, 0.29) is 5.82 Å². The van der Waals surface area contributed by atoms with Crippen molar-refractivity contribution < 1.29 is 4.39 Å². The first-order valence-corrected chi connectivity index (χ1v) is 5.44. The molecule has 0 saturated carbocycles. The maximum absolute atomic E-state index is 13.4. The van der Waals surface area contributed by atoms with Crippen LogP contribution in [0.3, 0.4) is 0 Å². The Morgan fingerprint density at radius 2 is 2.27 bits per heavy atom. The van der Waals surface area contributed by atoms with Gasteiger partial charge in [0.25, 0.3) is 0 Å². The van der Waals surface area contributed by atoms with Crippen LogP contribution >= 0.6 is 27.5 Å². The van der Waals surface area contributed by atoms with E-state index in [0.29, 0.717) is 17.1 Å². The van der Waals surface area contributed by atoms with Crippen LogP contribution < -0.4 is 0 Å². The van der Waals surface area contributed by atoms with Crippen molar-refractivity contribution in [2.75, 3.05) is 0 Å².